The minimum Gasteiger partial charge on any atom is -0.854 e. The van der Waals surface area contributed by atoms with Crippen LogP contribution in [0.2, 0.25) is 0 Å². The van der Waals surface area contributed by atoms with Crippen LogP contribution in [0.1, 0.15) is 0 Å². The lowest BCUT2D eigenvalue weighted by molar-refractivity contribution is -0.276. The van der Waals surface area contributed by atoms with Crippen LogP contribution in [-0.4, -0.2) is 11.7 Å². The molecule has 76 valence electrons. The minimum atomic E-state index is -0.319. The molecule has 0 atom stereocenters. The molecule has 0 bridgehead atoms. The summed E-state index contributed by atoms with van der Waals surface area (Å²) in [6, 6.07) is 5.18. The number of diazo groups is 1. The Morgan fingerprint density at radius 2 is 2.20 bits per heavy atom. The molecular formula is C10H9N3O2. The minimum absolute atomic E-state index is 0.0476. The van der Waals surface area contributed by atoms with Crippen molar-refractivity contribution < 1.29 is 9.84 Å². The molecule has 0 unspecified atom stereocenters. The van der Waals surface area contributed by atoms with Crippen molar-refractivity contribution in [2.45, 2.75) is 0 Å². The van der Waals surface area contributed by atoms with Crippen LogP contribution in [0.4, 0.5) is 5.69 Å². The molecule has 0 radical (unpaired) electrons. The van der Waals surface area contributed by atoms with Gasteiger partial charge in [-0.25, -0.2) is 0 Å². The van der Waals surface area contributed by atoms with Crippen molar-refractivity contribution in [3.63, 3.8) is 0 Å². The summed E-state index contributed by atoms with van der Waals surface area (Å²) in [6.45, 7) is 0. The first-order chi connectivity index (χ1) is 7.19. The maximum atomic E-state index is 11.6. The molecule has 0 aliphatic heterocycles. The van der Waals surface area contributed by atoms with E-state index in [2.05, 4.69) is 4.98 Å². The lowest BCUT2D eigenvalue weighted by Crippen LogP contribution is -1.97. The van der Waals surface area contributed by atoms with Gasteiger partial charge in [-0.05, 0) is 18.2 Å². The molecule has 0 aliphatic carbocycles. The van der Waals surface area contributed by atoms with Crippen molar-refractivity contribution in [3.05, 3.63) is 23.2 Å². The van der Waals surface area contributed by atoms with Gasteiger partial charge in [0.05, 0.1) is 23.9 Å². The summed E-state index contributed by atoms with van der Waals surface area (Å²) in [7, 11) is 3.17. The van der Waals surface area contributed by atoms with Gasteiger partial charge in [-0.3, -0.25) is 0 Å². The van der Waals surface area contributed by atoms with Gasteiger partial charge in [0.1, 0.15) is 5.75 Å². The van der Waals surface area contributed by atoms with E-state index in [1.807, 2.05) is 0 Å². The Bertz CT molecular complexity index is 566. The summed E-state index contributed by atoms with van der Waals surface area (Å²) in [5, 5.41) is 20.9. The predicted molar refractivity (Wildman–Crippen MR) is 53.7 cm³/mol. The van der Waals surface area contributed by atoms with Crippen LogP contribution in [0.3, 0.4) is 0 Å². The average Bonchev–Trinajstić information content (AvgIpc) is 2.51. The monoisotopic (exact) mass is 203 g/mol. The SMILES string of the molecule is COc1ccc2c(c1)c([N+]#N)c([O-])n2C. The lowest BCUT2D eigenvalue weighted by atomic mass is 10.2. The van der Waals surface area contributed by atoms with Gasteiger partial charge in [0.2, 0.25) is 5.39 Å². The molecule has 1 aromatic heterocycles. The number of hydrogen-bond donors (Lipinski definition) is 0. The Morgan fingerprint density at radius 3 is 2.80 bits per heavy atom. The molecule has 0 saturated carbocycles. The normalized spacial score (nSPS) is 10.2. The Balaban J connectivity index is 2.87. The van der Waals surface area contributed by atoms with Gasteiger partial charge in [0, 0.05) is 7.05 Å². The van der Waals surface area contributed by atoms with Gasteiger partial charge >= 0.3 is 5.69 Å². The predicted octanol–water partition coefficient (Wildman–Crippen LogP) is 1.75. The zero-order valence-corrected chi connectivity index (χ0v) is 8.39. The van der Waals surface area contributed by atoms with Crippen molar-refractivity contribution in [1.82, 2.24) is 4.57 Å². The average molecular weight is 203 g/mol. The fourth-order valence-corrected chi connectivity index (χ4v) is 1.60. The van der Waals surface area contributed by atoms with E-state index >= 15 is 0 Å². The smallest absolute Gasteiger partial charge is 0.402 e. The van der Waals surface area contributed by atoms with Gasteiger partial charge in [-0.2, -0.15) is 0 Å². The molecule has 5 nitrogen and oxygen atoms in total. The summed E-state index contributed by atoms with van der Waals surface area (Å²) in [5.74, 6) is 0.304. The van der Waals surface area contributed by atoms with E-state index < -0.39 is 0 Å². The molecule has 0 N–H and O–H groups in total. The zero-order valence-electron chi connectivity index (χ0n) is 8.39. The molecule has 15 heavy (non-hydrogen) atoms. The van der Waals surface area contributed by atoms with Gasteiger partial charge in [-0.15, -0.1) is 0 Å². The molecule has 0 spiro atoms. The van der Waals surface area contributed by atoms with Crippen molar-refractivity contribution in [3.8, 4) is 11.6 Å². The highest BCUT2D eigenvalue weighted by Crippen LogP contribution is 2.37. The van der Waals surface area contributed by atoms with Crippen LogP contribution < -0.4 is 9.84 Å². The summed E-state index contributed by atoms with van der Waals surface area (Å²) in [6.07, 6.45) is 0. The van der Waals surface area contributed by atoms with Crippen LogP contribution in [0.15, 0.2) is 18.2 Å². The van der Waals surface area contributed by atoms with Crippen LogP contribution in [-0.2, 0) is 7.05 Å². The third-order valence-corrected chi connectivity index (χ3v) is 2.43. The van der Waals surface area contributed by atoms with E-state index in [0.29, 0.717) is 16.7 Å². The van der Waals surface area contributed by atoms with Crippen molar-refractivity contribution >= 4 is 16.6 Å². The molecule has 5 heteroatoms. The molecule has 0 saturated heterocycles. The maximum absolute atomic E-state index is 11.6. The second kappa shape index (κ2) is 3.17. The highest BCUT2D eigenvalue weighted by molar-refractivity contribution is 5.97. The van der Waals surface area contributed by atoms with Crippen LogP contribution in [0, 0.1) is 5.39 Å². The number of aryl methyl sites for hydroxylation is 1. The number of ether oxygens (including phenoxy) is 1. The largest absolute Gasteiger partial charge is 0.854 e. The second-order valence-electron chi connectivity index (χ2n) is 3.20. The molecule has 1 heterocycles. The summed E-state index contributed by atoms with van der Waals surface area (Å²) in [4.78, 5) is 3.01. The van der Waals surface area contributed by atoms with Crippen molar-refractivity contribution in [2.75, 3.05) is 7.11 Å². The fraction of sp³-hybridized carbons (Fsp3) is 0.200. The Morgan fingerprint density at radius 1 is 1.47 bits per heavy atom. The Kier molecular flexibility index (Phi) is 1.97. The molecule has 1 aromatic carbocycles. The van der Waals surface area contributed by atoms with E-state index in [0.717, 1.165) is 0 Å². The summed E-state index contributed by atoms with van der Waals surface area (Å²) < 4.78 is 6.47. The van der Waals surface area contributed by atoms with Gasteiger partial charge in [-0.1, -0.05) is 0 Å². The topological polar surface area (TPSA) is 65.4 Å². The molecule has 0 fully saturated rings. The van der Waals surface area contributed by atoms with Gasteiger partial charge < -0.3 is 14.4 Å². The molecule has 0 amide bonds. The number of fused-ring (bicyclic) bond motifs is 1. The molecule has 0 aliphatic rings. The number of aromatic nitrogens is 1. The van der Waals surface area contributed by atoms with Crippen LogP contribution in [0.5, 0.6) is 11.6 Å². The second-order valence-corrected chi connectivity index (χ2v) is 3.20. The quantitative estimate of drug-likeness (QED) is 0.663. The molecular weight excluding hydrogens is 194 g/mol. The number of benzene rings is 1. The van der Waals surface area contributed by atoms with Crippen LogP contribution >= 0.6 is 0 Å². The van der Waals surface area contributed by atoms with E-state index in [4.69, 9.17) is 10.1 Å². The molecule has 2 aromatic rings. The van der Waals surface area contributed by atoms with E-state index in [1.165, 1.54) is 11.7 Å². The Labute approximate surface area is 86.1 Å². The number of rotatable bonds is 1. The standard InChI is InChI=1S/C10H9N3O2/c1-13-8-4-3-6(15-2)5-7(8)9(12-11)10(13)14/h3-5H,1-2H3. The first kappa shape index (κ1) is 9.34. The Hall–Kier alpha value is -2.22. The number of hydrogen-bond acceptors (Lipinski definition) is 3. The lowest BCUT2D eigenvalue weighted by Gasteiger charge is -2.03. The highest BCUT2D eigenvalue weighted by atomic mass is 16.5. The van der Waals surface area contributed by atoms with E-state index in [9.17, 15) is 5.11 Å². The van der Waals surface area contributed by atoms with E-state index in [-0.39, 0.29) is 11.6 Å². The third-order valence-electron chi connectivity index (χ3n) is 2.43. The van der Waals surface area contributed by atoms with Crippen molar-refractivity contribution in [1.29, 1.82) is 5.39 Å². The summed E-state index contributed by atoms with van der Waals surface area (Å²) >= 11 is 0. The third kappa shape index (κ3) is 1.19. The fourth-order valence-electron chi connectivity index (χ4n) is 1.60. The summed E-state index contributed by atoms with van der Waals surface area (Å²) in [5.41, 5.74) is 0.764. The number of methoxy groups -OCH3 is 1. The van der Waals surface area contributed by atoms with E-state index in [1.54, 1.807) is 25.2 Å². The first-order valence-corrected chi connectivity index (χ1v) is 4.37. The highest BCUT2D eigenvalue weighted by Gasteiger charge is 2.19. The van der Waals surface area contributed by atoms with Gasteiger partial charge in [0.15, 0.2) is 4.98 Å². The van der Waals surface area contributed by atoms with Crippen LogP contribution in [0.25, 0.3) is 15.9 Å². The maximum Gasteiger partial charge on any atom is 0.402 e. The number of nitrogens with zero attached hydrogens (tertiary/aromatic N) is 3. The molecule has 2 rings (SSSR count). The van der Waals surface area contributed by atoms with Crippen molar-refractivity contribution in [2.24, 2.45) is 7.05 Å². The zero-order chi connectivity index (χ0) is 11.0. The van der Waals surface area contributed by atoms with Gasteiger partial charge in [0.25, 0.3) is 0 Å². The first-order valence-electron chi connectivity index (χ1n) is 4.37.